The minimum Gasteiger partial charge on any atom is -0.491 e. The number of benzene rings is 2. The number of ether oxygens (including phenoxy) is 1. The zero-order chi connectivity index (χ0) is 26.2. The van der Waals surface area contributed by atoms with Gasteiger partial charge in [-0.05, 0) is 73.5 Å². The topological polar surface area (TPSA) is 82.7 Å². The third-order valence-electron chi connectivity index (χ3n) is 7.44. The van der Waals surface area contributed by atoms with E-state index in [0.717, 1.165) is 69.8 Å². The van der Waals surface area contributed by atoms with Gasteiger partial charge in [-0.3, -0.25) is 15.0 Å². The smallest absolute Gasteiger partial charge is 0.138 e. The molecule has 0 unspecified atom stereocenters. The molecule has 7 rings (SSSR count). The van der Waals surface area contributed by atoms with Crippen LogP contribution >= 0.6 is 0 Å². The number of fused-ring (bicyclic) bond motifs is 2. The van der Waals surface area contributed by atoms with Crippen molar-refractivity contribution in [1.29, 1.82) is 0 Å². The van der Waals surface area contributed by atoms with Crippen LogP contribution in [0.1, 0.15) is 12.8 Å². The molecule has 8 heteroatoms. The second-order valence-electron chi connectivity index (χ2n) is 9.92. The van der Waals surface area contributed by atoms with Crippen LogP contribution in [0.25, 0.3) is 55.6 Å². The van der Waals surface area contributed by atoms with Crippen LogP contribution in [0.3, 0.4) is 0 Å². The highest BCUT2D eigenvalue weighted by Crippen LogP contribution is 2.35. The number of hydrogen-bond acceptors (Lipinski definition) is 5. The lowest BCUT2D eigenvalue weighted by Gasteiger charge is -2.15. The van der Waals surface area contributed by atoms with Gasteiger partial charge in [0.1, 0.15) is 29.5 Å². The molecule has 0 radical (unpaired) electrons. The molecule has 1 saturated heterocycles. The van der Waals surface area contributed by atoms with Gasteiger partial charge in [-0.1, -0.05) is 24.3 Å². The van der Waals surface area contributed by atoms with Gasteiger partial charge in [-0.15, -0.1) is 0 Å². The van der Waals surface area contributed by atoms with Crippen LogP contribution in [0.4, 0.5) is 4.39 Å². The number of rotatable bonds is 7. The Hall–Kier alpha value is -4.56. The van der Waals surface area contributed by atoms with E-state index in [4.69, 9.17) is 4.74 Å². The number of aromatic nitrogens is 5. The molecule has 194 valence electrons. The summed E-state index contributed by atoms with van der Waals surface area (Å²) >= 11 is 0. The summed E-state index contributed by atoms with van der Waals surface area (Å²) in [5.41, 5.74) is 6.50. The Bertz CT molecular complexity index is 1790. The molecule has 1 aliphatic heterocycles. The summed E-state index contributed by atoms with van der Waals surface area (Å²) in [6.07, 6.45) is 7.86. The van der Waals surface area contributed by atoms with Gasteiger partial charge in [0.05, 0.1) is 17.4 Å². The van der Waals surface area contributed by atoms with Crippen LogP contribution in [0, 0.1) is 5.82 Å². The molecular formula is C31H27FN6O. The van der Waals surface area contributed by atoms with E-state index >= 15 is 0 Å². The number of aromatic amines is 2. The molecule has 0 atom stereocenters. The fraction of sp³-hybridized carbons (Fsp3) is 0.194. The fourth-order valence-corrected chi connectivity index (χ4v) is 5.42. The van der Waals surface area contributed by atoms with Gasteiger partial charge in [0.2, 0.25) is 0 Å². The third kappa shape index (κ3) is 4.53. The van der Waals surface area contributed by atoms with Crippen molar-refractivity contribution in [3.63, 3.8) is 0 Å². The highest BCUT2D eigenvalue weighted by molar-refractivity contribution is 6.00. The number of H-pyrrole nitrogens is 2. The Balaban J connectivity index is 1.21. The normalized spacial score (nSPS) is 14.0. The molecule has 5 heterocycles. The van der Waals surface area contributed by atoms with Crippen molar-refractivity contribution in [2.75, 3.05) is 26.2 Å². The summed E-state index contributed by atoms with van der Waals surface area (Å²) in [5, 5.41) is 9.55. The molecule has 6 aromatic rings. The predicted molar refractivity (Wildman–Crippen MR) is 151 cm³/mol. The molecule has 0 saturated carbocycles. The van der Waals surface area contributed by atoms with Gasteiger partial charge >= 0.3 is 0 Å². The lowest BCUT2D eigenvalue weighted by Crippen LogP contribution is -2.25. The number of hydrogen-bond donors (Lipinski definition) is 2. The van der Waals surface area contributed by atoms with E-state index in [9.17, 15) is 4.39 Å². The molecule has 2 aromatic carbocycles. The predicted octanol–water partition coefficient (Wildman–Crippen LogP) is 6.45. The summed E-state index contributed by atoms with van der Waals surface area (Å²) in [7, 11) is 0. The molecule has 4 aromatic heterocycles. The van der Waals surface area contributed by atoms with Crippen LogP contribution in [0.15, 0.2) is 79.3 Å². The summed E-state index contributed by atoms with van der Waals surface area (Å²) in [6, 6.07) is 18.8. The monoisotopic (exact) mass is 518 g/mol. The fourth-order valence-electron chi connectivity index (χ4n) is 5.42. The molecule has 0 bridgehead atoms. The second-order valence-corrected chi connectivity index (χ2v) is 9.92. The largest absolute Gasteiger partial charge is 0.491 e. The maximum atomic E-state index is 14.6. The van der Waals surface area contributed by atoms with E-state index < -0.39 is 0 Å². The molecule has 0 amide bonds. The van der Waals surface area contributed by atoms with E-state index in [1.165, 1.54) is 18.9 Å². The number of halogens is 1. The maximum absolute atomic E-state index is 14.6. The molecule has 7 nitrogen and oxygen atoms in total. The van der Waals surface area contributed by atoms with Crippen molar-refractivity contribution in [2.24, 2.45) is 0 Å². The van der Waals surface area contributed by atoms with Crippen LogP contribution < -0.4 is 4.74 Å². The Morgan fingerprint density at radius 2 is 1.79 bits per heavy atom. The van der Waals surface area contributed by atoms with Crippen molar-refractivity contribution in [2.45, 2.75) is 12.8 Å². The van der Waals surface area contributed by atoms with Crippen molar-refractivity contribution in [3.05, 3.63) is 85.1 Å². The zero-order valence-electron chi connectivity index (χ0n) is 21.3. The second kappa shape index (κ2) is 9.96. The average molecular weight is 519 g/mol. The molecule has 1 aliphatic rings. The first-order chi connectivity index (χ1) is 19.2. The number of likely N-dealkylation sites (tertiary alicyclic amines) is 1. The zero-order valence-corrected chi connectivity index (χ0v) is 21.3. The molecule has 39 heavy (non-hydrogen) atoms. The SMILES string of the molecule is Fc1ccccc1-c1ccnc2[nH]c(-c3n[nH]c4ccc(-c5cncc(OCCN6CCCC6)c5)cc34)cc12. The number of nitrogens with zero attached hydrogens (tertiary/aromatic N) is 4. The van der Waals surface area contributed by atoms with Gasteiger partial charge in [-0.2, -0.15) is 5.10 Å². The maximum Gasteiger partial charge on any atom is 0.138 e. The van der Waals surface area contributed by atoms with E-state index in [-0.39, 0.29) is 5.82 Å². The quantitative estimate of drug-likeness (QED) is 0.254. The van der Waals surface area contributed by atoms with Crippen LogP contribution in [-0.2, 0) is 0 Å². The molecule has 0 spiro atoms. The van der Waals surface area contributed by atoms with Crippen molar-refractivity contribution >= 4 is 21.9 Å². The highest BCUT2D eigenvalue weighted by Gasteiger charge is 2.16. The Kier molecular flexibility index (Phi) is 6.01. The lowest BCUT2D eigenvalue weighted by molar-refractivity contribution is 0.237. The summed E-state index contributed by atoms with van der Waals surface area (Å²) in [4.78, 5) is 14.7. The van der Waals surface area contributed by atoms with E-state index in [1.54, 1.807) is 24.5 Å². The molecular weight excluding hydrogens is 491 g/mol. The lowest BCUT2D eigenvalue weighted by atomic mass is 10.0. The first kappa shape index (κ1) is 23.5. The van der Waals surface area contributed by atoms with Crippen LogP contribution in [0.5, 0.6) is 5.75 Å². The van der Waals surface area contributed by atoms with Gasteiger partial charge in [-0.25, -0.2) is 9.37 Å². The van der Waals surface area contributed by atoms with Crippen LogP contribution in [0.2, 0.25) is 0 Å². The van der Waals surface area contributed by atoms with Gasteiger partial charge in [0, 0.05) is 40.8 Å². The minimum atomic E-state index is -0.265. The Morgan fingerprint density at radius 3 is 2.69 bits per heavy atom. The van der Waals surface area contributed by atoms with Crippen molar-refractivity contribution in [3.8, 4) is 39.4 Å². The summed E-state index contributed by atoms with van der Waals surface area (Å²) in [5.74, 6) is 0.500. The van der Waals surface area contributed by atoms with Gasteiger partial charge in [0.25, 0.3) is 0 Å². The molecule has 0 aliphatic carbocycles. The first-order valence-electron chi connectivity index (χ1n) is 13.2. The van der Waals surface area contributed by atoms with E-state index in [2.05, 4.69) is 42.2 Å². The standard InChI is InChI=1S/C31H27FN6O/c32-27-6-2-1-5-24(27)23-9-10-34-31-25(23)17-29(35-31)30-26-16-20(7-8-28(26)36-37-30)21-15-22(19-33-18-21)39-14-13-38-11-3-4-12-38/h1-2,5-10,15-19H,3-4,11-14H2,(H,34,35)(H,36,37). The van der Waals surface area contributed by atoms with E-state index in [0.29, 0.717) is 17.8 Å². The van der Waals surface area contributed by atoms with E-state index in [1.807, 2.05) is 36.5 Å². The number of nitrogens with one attached hydrogen (secondary N) is 2. The number of pyridine rings is 2. The van der Waals surface area contributed by atoms with Crippen molar-refractivity contribution in [1.82, 2.24) is 30.0 Å². The van der Waals surface area contributed by atoms with Crippen molar-refractivity contribution < 1.29 is 9.13 Å². The Labute approximate surface area is 224 Å². The van der Waals surface area contributed by atoms with Crippen LogP contribution in [-0.4, -0.2) is 56.3 Å². The summed E-state index contributed by atoms with van der Waals surface area (Å²) < 4.78 is 20.6. The summed E-state index contributed by atoms with van der Waals surface area (Å²) in [6.45, 7) is 3.91. The van der Waals surface area contributed by atoms with Gasteiger partial charge in [0.15, 0.2) is 0 Å². The molecule has 2 N–H and O–H groups in total. The average Bonchev–Trinajstić information content (AvgIpc) is 3.73. The van der Waals surface area contributed by atoms with Gasteiger partial charge < -0.3 is 9.72 Å². The first-order valence-corrected chi connectivity index (χ1v) is 13.2. The minimum absolute atomic E-state index is 0.265. The Morgan fingerprint density at radius 1 is 0.897 bits per heavy atom. The highest BCUT2D eigenvalue weighted by atomic mass is 19.1. The third-order valence-corrected chi connectivity index (χ3v) is 7.44. The molecule has 1 fully saturated rings.